The average molecular weight is 300 g/mol. The molecular formula is C10H9IN2O. The summed E-state index contributed by atoms with van der Waals surface area (Å²) in [5, 5.41) is 11.3. The van der Waals surface area contributed by atoms with E-state index in [-0.39, 0.29) is 5.91 Å². The van der Waals surface area contributed by atoms with Crippen molar-refractivity contribution < 1.29 is 4.79 Å². The Labute approximate surface area is 96.3 Å². The van der Waals surface area contributed by atoms with Gasteiger partial charge in [0.2, 0.25) is 0 Å². The topological polar surface area (TPSA) is 52.9 Å². The van der Waals surface area contributed by atoms with Crippen molar-refractivity contribution >= 4 is 28.5 Å². The highest BCUT2D eigenvalue weighted by Gasteiger charge is 2.11. The molecule has 0 spiro atoms. The zero-order valence-corrected chi connectivity index (χ0v) is 10.0. The Morgan fingerprint density at radius 2 is 2.21 bits per heavy atom. The number of nitriles is 1. The molecule has 4 heteroatoms. The van der Waals surface area contributed by atoms with Gasteiger partial charge < -0.3 is 5.32 Å². The summed E-state index contributed by atoms with van der Waals surface area (Å²) in [7, 11) is 1.58. The average Bonchev–Trinajstić information content (AvgIpc) is 2.20. The summed E-state index contributed by atoms with van der Waals surface area (Å²) in [6.45, 7) is 1.88. The van der Waals surface area contributed by atoms with Crippen molar-refractivity contribution in [2.24, 2.45) is 0 Å². The first-order chi connectivity index (χ1) is 6.60. The molecule has 0 radical (unpaired) electrons. The molecule has 3 nitrogen and oxygen atoms in total. The molecule has 0 fully saturated rings. The van der Waals surface area contributed by atoms with Crippen LogP contribution < -0.4 is 5.32 Å². The first kappa shape index (κ1) is 11.0. The molecule has 14 heavy (non-hydrogen) atoms. The van der Waals surface area contributed by atoms with E-state index in [1.807, 2.05) is 13.0 Å². The smallest absolute Gasteiger partial charge is 0.252 e. The third kappa shape index (κ3) is 2.04. The van der Waals surface area contributed by atoms with Crippen molar-refractivity contribution in [3.63, 3.8) is 0 Å². The lowest BCUT2D eigenvalue weighted by Gasteiger charge is -2.06. The van der Waals surface area contributed by atoms with Crippen LogP contribution >= 0.6 is 22.6 Å². The maximum absolute atomic E-state index is 11.4. The van der Waals surface area contributed by atoms with Gasteiger partial charge >= 0.3 is 0 Å². The van der Waals surface area contributed by atoms with Gasteiger partial charge in [-0.3, -0.25) is 4.79 Å². The van der Waals surface area contributed by atoms with Gasteiger partial charge in [0.05, 0.1) is 17.2 Å². The van der Waals surface area contributed by atoms with Crippen molar-refractivity contribution in [2.45, 2.75) is 6.92 Å². The lowest BCUT2D eigenvalue weighted by Crippen LogP contribution is -2.19. The third-order valence-electron chi connectivity index (χ3n) is 1.86. The number of nitrogens with one attached hydrogen (secondary N) is 1. The van der Waals surface area contributed by atoms with E-state index in [4.69, 9.17) is 5.26 Å². The Morgan fingerprint density at radius 1 is 1.57 bits per heavy atom. The molecule has 0 aliphatic heterocycles. The third-order valence-corrected chi connectivity index (χ3v) is 3.29. The van der Waals surface area contributed by atoms with Gasteiger partial charge in [-0.2, -0.15) is 5.26 Å². The molecule has 1 N–H and O–H groups in total. The number of amides is 1. The SMILES string of the molecule is CNC(=O)c1cc(C#N)cc(C)c1I. The van der Waals surface area contributed by atoms with Crippen LogP contribution in [-0.4, -0.2) is 13.0 Å². The highest BCUT2D eigenvalue weighted by Crippen LogP contribution is 2.19. The van der Waals surface area contributed by atoms with Crippen LogP contribution in [0.1, 0.15) is 21.5 Å². The number of hydrogen-bond acceptors (Lipinski definition) is 2. The normalized spacial score (nSPS) is 9.29. The quantitative estimate of drug-likeness (QED) is 0.805. The Bertz CT molecular complexity index is 421. The molecule has 0 bridgehead atoms. The summed E-state index contributed by atoms with van der Waals surface area (Å²) in [5.74, 6) is -0.158. The van der Waals surface area contributed by atoms with E-state index >= 15 is 0 Å². The van der Waals surface area contributed by atoms with E-state index in [2.05, 4.69) is 27.9 Å². The van der Waals surface area contributed by atoms with Crippen molar-refractivity contribution in [1.82, 2.24) is 5.32 Å². The molecule has 0 saturated carbocycles. The molecule has 0 heterocycles. The van der Waals surface area contributed by atoms with Gasteiger partial charge in [-0.25, -0.2) is 0 Å². The number of hydrogen-bond donors (Lipinski definition) is 1. The van der Waals surface area contributed by atoms with Crippen LogP contribution in [0, 0.1) is 21.8 Å². The molecule has 1 aromatic rings. The second kappa shape index (κ2) is 4.42. The molecule has 0 aliphatic rings. The fraction of sp³-hybridized carbons (Fsp3) is 0.200. The molecule has 1 rings (SSSR count). The van der Waals surface area contributed by atoms with Gasteiger partial charge in [-0.15, -0.1) is 0 Å². The zero-order chi connectivity index (χ0) is 10.7. The molecule has 0 saturated heterocycles. The largest absolute Gasteiger partial charge is 0.355 e. The Morgan fingerprint density at radius 3 is 2.71 bits per heavy atom. The highest BCUT2D eigenvalue weighted by atomic mass is 127. The van der Waals surface area contributed by atoms with Crippen molar-refractivity contribution in [2.75, 3.05) is 7.05 Å². The van der Waals surface area contributed by atoms with E-state index in [1.54, 1.807) is 19.2 Å². The van der Waals surface area contributed by atoms with Crippen molar-refractivity contribution in [3.05, 3.63) is 32.4 Å². The number of nitrogens with zero attached hydrogens (tertiary/aromatic N) is 1. The summed E-state index contributed by atoms with van der Waals surface area (Å²) in [6.07, 6.45) is 0. The molecule has 0 atom stereocenters. The molecule has 0 aromatic heterocycles. The van der Waals surface area contributed by atoms with Gasteiger partial charge in [-0.05, 0) is 47.2 Å². The van der Waals surface area contributed by atoms with Crippen LogP contribution in [0.3, 0.4) is 0 Å². The van der Waals surface area contributed by atoms with Crippen LogP contribution in [0.2, 0.25) is 0 Å². The number of rotatable bonds is 1. The molecule has 1 amide bonds. The molecule has 1 aromatic carbocycles. The summed E-state index contributed by atoms with van der Waals surface area (Å²) in [4.78, 5) is 11.4. The second-order valence-corrected chi connectivity index (χ2v) is 3.92. The van der Waals surface area contributed by atoms with Gasteiger partial charge in [0.25, 0.3) is 5.91 Å². The maximum Gasteiger partial charge on any atom is 0.252 e. The highest BCUT2D eigenvalue weighted by molar-refractivity contribution is 14.1. The molecule has 0 unspecified atom stereocenters. The monoisotopic (exact) mass is 300 g/mol. The Kier molecular flexibility index (Phi) is 3.47. The van der Waals surface area contributed by atoms with Crippen molar-refractivity contribution in [3.8, 4) is 6.07 Å². The Balaban J connectivity index is 3.36. The number of carbonyl (C=O) groups excluding carboxylic acids is 1. The summed E-state index contributed by atoms with van der Waals surface area (Å²) in [5.41, 5.74) is 2.02. The Hall–Kier alpha value is -1.09. The van der Waals surface area contributed by atoms with Gasteiger partial charge in [0.15, 0.2) is 0 Å². The molecule has 72 valence electrons. The minimum Gasteiger partial charge on any atom is -0.355 e. The number of halogens is 1. The van der Waals surface area contributed by atoms with Gasteiger partial charge in [-0.1, -0.05) is 0 Å². The predicted octanol–water partition coefficient (Wildman–Crippen LogP) is 1.83. The standard InChI is InChI=1S/C10H9IN2O/c1-6-3-7(5-12)4-8(9(6)11)10(14)13-2/h3-4H,1-2H3,(H,13,14). The van der Waals surface area contributed by atoms with E-state index in [1.165, 1.54) is 0 Å². The van der Waals surface area contributed by atoms with Crippen LogP contribution in [0.25, 0.3) is 0 Å². The summed E-state index contributed by atoms with van der Waals surface area (Å²) in [6, 6.07) is 5.41. The first-order valence-electron chi connectivity index (χ1n) is 4.02. The van der Waals surface area contributed by atoms with E-state index < -0.39 is 0 Å². The number of aryl methyl sites for hydroxylation is 1. The summed E-state index contributed by atoms with van der Waals surface area (Å²) < 4.78 is 0.890. The van der Waals surface area contributed by atoms with E-state index in [0.717, 1.165) is 9.13 Å². The first-order valence-corrected chi connectivity index (χ1v) is 5.10. The van der Waals surface area contributed by atoms with Crippen LogP contribution in [0.5, 0.6) is 0 Å². The summed E-state index contributed by atoms with van der Waals surface area (Å²) >= 11 is 2.11. The minimum atomic E-state index is -0.158. The van der Waals surface area contributed by atoms with Gasteiger partial charge in [0, 0.05) is 10.6 Å². The van der Waals surface area contributed by atoms with Crippen molar-refractivity contribution in [1.29, 1.82) is 5.26 Å². The molecular weight excluding hydrogens is 291 g/mol. The van der Waals surface area contributed by atoms with E-state index in [9.17, 15) is 4.79 Å². The van der Waals surface area contributed by atoms with Crippen LogP contribution in [0.15, 0.2) is 12.1 Å². The van der Waals surface area contributed by atoms with Gasteiger partial charge in [0.1, 0.15) is 0 Å². The minimum absolute atomic E-state index is 0.158. The predicted molar refractivity (Wildman–Crippen MR) is 62.0 cm³/mol. The second-order valence-electron chi connectivity index (χ2n) is 2.85. The zero-order valence-electron chi connectivity index (χ0n) is 7.89. The maximum atomic E-state index is 11.4. The fourth-order valence-corrected chi connectivity index (χ4v) is 1.69. The van der Waals surface area contributed by atoms with E-state index in [0.29, 0.717) is 11.1 Å². The lowest BCUT2D eigenvalue weighted by atomic mass is 10.1. The lowest BCUT2D eigenvalue weighted by molar-refractivity contribution is 0.0962. The van der Waals surface area contributed by atoms with Crippen LogP contribution in [-0.2, 0) is 0 Å². The number of carbonyl (C=O) groups is 1. The number of benzene rings is 1. The fourth-order valence-electron chi connectivity index (χ4n) is 1.13. The molecule has 0 aliphatic carbocycles. The van der Waals surface area contributed by atoms with Crippen LogP contribution in [0.4, 0.5) is 0 Å².